The van der Waals surface area contributed by atoms with Gasteiger partial charge in [-0.3, -0.25) is 4.79 Å². The van der Waals surface area contributed by atoms with Gasteiger partial charge in [0.05, 0.1) is 23.7 Å². The van der Waals surface area contributed by atoms with Crippen LogP contribution in [-0.4, -0.2) is 16.9 Å². The van der Waals surface area contributed by atoms with Crippen molar-refractivity contribution in [3.63, 3.8) is 0 Å². The Morgan fingerprint density at radius 3 is 3.06 bits per heavy atom. The van der Waals surface area contributed by atoms with Crippen molar-refractivity contribution < 1.29 is 4.79 Å². The molecule has 2 rings (SSSR count). The van der Waals surface area contributed by atoms with Crippen molar-refractivity contribution in [1.29, 1.82) is 0 Å². The third kappa shape index (κ3) is 2.48. The number of nitrogens with one attached hydrogen (secondary N) is 1. The molecule has 1 heterocycles. The highest BCUT2D eigenvalue weighted by Crippen LogP contribution is 2.17. The summed E-state index contributed by atoms with van der Waals surface area (Å²) in [7, 11) is 0. The number of nitrogens with two attached hydrogens (primary N) is 1. The lowest BCUT2D eigenvalue weighted by atomic mass is 10.1. The molecule has 0 bridgehead atoms. The molecule has 1 aliphatic carbocycles. The van der Waals surface area contributed by atoms with E-state index in [1.54, 1.807) is 16.8 Å². The Morgan fingerprint density at radius 1 is 1.69 bits per heavy atom. The van der Waals surface area contributed by atoms with Crippen LogP contribution in [0.2, 0.25) is 0 Å². The topological polar surface area (TPSA) is 68.0 Å². The predicted octanol–water partition coefficient (Wildman–Crippen LogP) is 0.971. The lowest BCUT2D eigenvalue weighted by molar-refractivity contribution is -0.123. The van der Waals surface area contributed by atoms with Gasteiger partial charge in [-0.1, -0.05) is 12.2 Å². The van der Waals surface area contributed by atoms with Gasteiger partial charge in [0, 0.05) is 10.9 Å². The molecule has 1 aromatic heterocycles. The normalized spacial score (nSPS) is 23.6. The van der Waals surface area contributed by atoms with Gasteiger partial charge >= 0.3 is 0 Å². The number of hydrogen-bond acceptors (Lipinski definition) is 4. The Labute approximate surface area is 98.6 Å². The number of rotatable bonds is 3. The Hall–Kier alpha value is -1.20. The van der Waals surface area contributed by atoms with Gasteiger partial charge in [-0.05, 0) is 13.3 Å². The number of hydrogen-bond donors (Lipinski definition) is 2. The molecular weight excluding hydrogens is 222 g/mol. The maximum atomic E-state index is 11.8. The van der Waals surface area contributed by atoms with E-state index in [4.69, 9.17) is 5.73 Å². The highest BCUT2D eigenvalue weighted by atomic mass is 32.1. The van der Waals surface area contributed by atoms with Crippen LogP contribution in [0.5, 0.6) is 0 Å². The fraction of sp³-hybridized carbons (Fsp3) is 0.455. The molecule has 0 radical (unpaired) electrons. The zero-order valence-electron chi connectivity index (χ0n) is 9.14. The number of aryl methyl sites for hydroxylation is 1. The molecule has 86 valence electrons. The molecule has 0 aromatic carbocycles. The molecule has 2 unspecified atom stereocenters. The molecule has 4 nitrogen and oxygen atoms in total. The van der Waals surface area contributed by atoms with E-state index >= 15 is 0 Å². The number of carbonyl (C=O) groups is 1. The fourth-order valence-corrected chi connectivity index (χ4v) is 2.43. The first-order valence-corrected chi connectivity index (χ1v) is 6.15. The number of nitrogens with zero attached hydrogens (tertiary/aromatic N) is 1. The zero-order valence-corrected chi connectivity index (χ0v) is 9.96. The number of aromatic nitrogens is 1. The van der Waals surface area contributed by atoms with Crippen molar-refractivity contribution in [3.05, 3.63) is 28.2 Å². The summed E-state index contributed by atoms with van der Waals surface area (Å²) in [5.74, 6) is -0.0137. The van der Waals surface area contributed by atoms with Crippen molar-refractivity contribution in [3.8, 4) is 0 Å². The lowest BCUT2D eigenvalue weighted by Crippen LogP contribution is -2.30. The van der Waals surface area contributed by atoms with Crippen LogP contribution < -0.4 is 11.1 Å². The van der Waals surface area contributed by atoms with Crippen LogP contribution in [0.1, 0.15) is 17.0 Å². The third-order valence-electron chi connectivity index (χ3n) is 2.72. The largest absolute Gasteiger partial charge is 0.351 e. The van der Waals surface area contributed by atoms with E-state index in [0.29, 0.717) is 13.0 Å². The minimum atomic E-state index is -0.0665. The third-order valence-corrected chi connectivity index (χ3v) is 3.66. The van der Waals surface area contributed by atoms with E-state index in [0.717, 1.165) is 10.6 Å². The molecule has 0 saturated carbocycles. The second-order valence-corrected chi connectivity index (χ2v) is 4.91. The van der Waals surface area contributed by atoms with Crippen LogP contribution in [0, 0.1) is 12.8 Å². The van der Waals surface area contributed by atoms with Gasteiger partial charge in [0.15, 0.2) is 0 Å². The van der Waals surface area contributed by atoms with E-state index in [-0.39, 0.29) is 17.9 Å². The molecule has 1 amide bonds. The summed E-state index contributed by atoms with van der Waals surface area (Å²) in [6.07, 6.45) is 4.50. The van der Waals surface area contributed by atoms with E-state index < -0.39 is 0 Å². The summed E-state index contributed by atoms with van der Waals surface area (Å²) in [5, 5.41) is 2.91. The highest BCUT2D eigenvalue weighted by molar-refractivity contribution is 7.09. The maximum absolute atomic E-state index is 11.8. The van der Waals surface area contributed by atoms with Gasteiger partial charge in [0.2, 0.25) is 5.91 Å². The summed E-state index contributed by atoms with van der Waals surface area (Å²) in [6.45, 7) is 2.51. The molecule has 5 heteroatoms. The minimum Gasteiger partial charge on any atom is -0.351 e. The first-order valence-electron chi connectivity index (χ1n) is 5.27. The quantitative estimate of drug-likeness (QED) is 0.770. The Bertz CT molecular complexity index is 413. The zero-order chi connectivity index (χ0) is 11.5. The van der Waals surface area contributed by atoms with Crippen LogP contribution in [-0.2, 0) is 11.3 Å². The van der Waals surface area contributed by atoms with E-state index in [1.165, 1.54) is 0 Å². The van der Waals surface area contributed by atoms with Crippen LogP contribution in [0.3, 0.4) is 0 Å². The Balaban J connectivity index is 1.85. The number of amides is 1. The van der Waals surface area contributed by atoms with Crippen molar-refractivity contribution >= 4 is 17.2 Å². The average Bonchev–Trinajstić information content (AvgIpc) is 2.84. The molecule has 0 spiro atoms. The van der Waals surface area contributed by atoms with Gasteiger partial charge in [-0.15, -0.1) is 11.3 Å². The van der Waals surface area contributed by atoms with Gasteiger partial charge in [-0.2, -0.15) is 0 Å². The van der Waals surface area contributed by atoms with E-state index in [9.17, 15) is 4.79 Å². The first-order chi connectivity index (χ1) is 7.66. The van der Waals surface area contributed by atoms with Crippen LogP contribution >= 0.6 is 11.3 Å². The summed E-state index contributed by atoms with van der Waals surface area (Å²) < 4.78 is 0. The second-order valence-electron chi connectivity index (χ2n) is 3.97. The monoisotopic (exact) mass is 237 g/mol. The molecule has 3 N–H and O–H groups in total. The predicted molar refractivity (Wildman–Crippen MR) is 63.9 cm³/mol. The summed E-state index contributed by atoms with van der Waals surface area (Å²) in [4.78, 5) is 17.0. The summed E-state index contributed by atoms with van der Waals surface area (Å²) in [6, 6.07) is 0.0286. The second kappa shape index (κ2) is 4.76. The fourth-order valence-electron chi connectivity index (χ4n) is 1.72. The smallest absolute Gasteiger partial charge is 0.227 e. The van der Waals surface area contributed by atoms with Crippen LogP contribution in [0.4, 0.5) is 0 Å². The van der Waals surface area contributed by atoms with Gasteiger partial charge in [-0.25, -0.2) is 4.98 Å². The van der Waals surface area contributed by atoms with Crippen molar-refractivity contribution in [2.45, 2.75) is 25.9 Å². The van der Waals surface area contributed by atoms with Gasteiger partial charge in [0.25, 0.3) is 0 Å². The van der Waals surface area contributed by atoms with Crippen molar-refractivity contribution in [2.24, 2.45) is 11.7 Å². The average molecular weight is 237 g/mol. The number of thiazole rings is 1. The standard InChI is InChI=1S/C11H15N3OS/c1-7-10(16-6-14-7)5-13-11(15)8-2-3-9(12)4-8/h2-3,6,8-9H,4-5,12H2,1H3,(H,13,15). The van der Waals surface area contributed by atoms with Crippen molar-refractivity contribution in [1.82, 2.24) is 10.3 Å². The summed E-state index contributed by atoms with van der Waals surface area (Å²) in [5.41, 5.74) is 8.49. The number of carbonyl (C=O) groups excluding carboxylic acids is 1. The molecule has 1 aromatic rings. The lowest BCUT2D eigenvalue weighted by Gasteiger charge is -2.09. The van der Waals surface area contributed by atoms with Crippen molar-refractivity contribution in [2.75, 3.05) is 0 Å². The van der Waals surface area contributed by atoms with Crippen LogP contribution in [0.25, 0.3) is 0 Å². The molecule has 16 heavy (non-hydrogen) atoms. The highest BCUT2D eigenvalue weighted by Gasteiger charge is 2.22. The maximum Gasteiger partial charge on any atom is 0.227 e. The minimum absolute atomic E-state index is 0.0286. The van der Waals surface area contributed by atoms with Gasteiger partial charge < -0.3 is 11.1 Å². The molecule has 0 aliphatic heterocycles. The molecule has 1 aliphatic rings. The Kier molecular flexibility index (Phi) is 3.36. The summed E-state index contributed by atoms with van der Waals surface area (Å²) >= 11 is 1.57. The molecular formula is C11H15N3OS. The molecule has 2 atom stereocenters. The SMILES string of the molecule is Cc1ncsc1CNC(=O)C1C=CC(N)C1. The Morgan fingerprint density at radius 2 is 2.50 bits per heavy atom. The van der Waals surface area contributed by atoms with Crippen LogP contribution in [0.15, 0.2) is 17.7 Å². The van der Waals surface area contributed by atoms with E-state index in [2.05, 4.69) is 10.3 Å². The molecule has 0 saturated heterocycles. The van der Waals surface area contributed by atoms with Gasteiger partial charge in [0.1, 0.15) is 0 Å². The first kappa shape index (κ1) is 11.3. The van der Waals surface area contributed by atoms with E-state index in [1.807, 2.05) is 19.1 Å². The molecule has 0 fully saturated rings.